The van der Waals surface area contributed by atoms with Gasteiger partial charge in [0, 0.05) is 34.8 Å². The lowest BCUT2D eigenvalue weighted by Crippen LogP contribution is -2.30. The Balaban J connectivity index is 1.66. The third-order valence-electron chi connectivity index (χ3n) is 8.21. The second-order valence-electron chi connectivity index (χ2n) is 12.2. The average molecular weight is 596 g/mol. The largest absolute Gasteiger partial charge is 0.494 e. The molecule has 1 fully saturated rings. The second-order valence-corrected chi connectivity index (χ2v) is 12.6. The first-order valence-electron chi connectivity index (χ1n) is 14.7. The standard InChI is InChI=1S/C35H41N5O2S/c1-9-24-14-12-13-21(2)31(24)39-22(3)19-26(23(39)4)32-30(28-15-10-11-18-36-28)38-34(43)40(32)25-16-17-27(29(20-25)42-8)37-33(41)35(5,6)7/h10-20,30,32H,9H2,1-8H3,(H,37,41)(H,38,43)/t30-,32-/m0/s1. The summed E-state index contributed by atoms with van der Waals surface area (Å²) >= 11 is 6.01. The van der Waals surface area contributed by atoms with Gasteiger partial charge in [-0.25, -0.2) is 0 Å². The number of rotatable bonds is 7. The van der Waals surface area contributed by atoms with Crippen molar-refractivity contribution in [2.45, 2.75) is 67.0 Å². The SMILES string of the molecule is CCc1cccc(C)c1-n1c(C)cc([C@H]2[C@H](c3ccccn3)NC(=S)N2c2ccc(NC(=O)C(C)(C)C)c(OC)c2)c1C. The summed E-state index contributed by atoms with van der Waals surface area (Å²) in [6.07, 6.45) is 2.76. The number of ether oxygens (including phenoxy) is 1. The van der Waals surface area contributed by atoms with Crippen LogP contribution in [0.5, 0.6) is 5.75 Å². The van der Waals surface area contributed by atoms with E-state index in [1.165, 1.54) is 16.8 Å². The van der Waals surface area contributed by atoms with E-state index in [2.05, 4.69) is 72.1 Å². The molecule has 0 aliphatic carbocycles. The number of methoxy groups -OCH3 is 1. The molecule has 8 heteroatoms. The van der Waals surface area contributed by atoms with E-state index in [1.54, 1.807) is 7.11 Å². The van der Waals surface area contributed by atoms with Crippen LogP contribution in [0.25, 0.3) is 5.69 Å². The van der Waals surface area contributed by atoms with Crippen LogP contribution in [0.3, 0.4) is 0 Å². The number of aromatic nitrogens is 2. The van der Waals surface area contributed by atoms with Gasteiger partial charge >= 0.3 is 0 Å². The molecule has 2 aromatic carbocycles. The number of nitrogens with one attached hydrogen (secondary N) is 2. The van der Waals surface area contributed by atoms with Crippen molar-refractivity contribution in [2.24, 2.45) is 5.41 Å². The van der Waals surface area contributed by atoms with Crippen LogP contribution in [0, 0.1) is 26.2 Å². The number of carbonyl (C=O) groups is 1. The number of aryl methyl sites for hydroxylation is 3. The number of amides is 1. The van der Waals surface area contributed by atoms with Crippen LogP contribution >= 0.6 is 12.2 Å². The summed E-state index contributed by atoms with van der Waals surface area (Å²) < 4.78 is 8.15. The number of anilines is 2. The zero-order valence-electron chi connectivity index (χ0n) is 26.3. The highest BCUT2D eigenvalue weighted by atomic mass is 32.1. The summed E-state index contributed by atoms with van der Waals surface area (Å²) in [5.41, 5.74) is 9.12. The Morgan fingerprint density at radius 3 is 2.49 bits per heavy atom. The summed E-state index contributed by atoms with van der Waals surface area (Å²) in [6.45, 7) is 14.4. The Labute approximate surface area is 260 Å². The number of para-hydroxylation sites is 1. The molecule has 3 heterocycles. The van der Waals surface area contributed by atoms with Gasteiger partial charge in [0.1, 0.15) is 5.75 Å². The number of thiocarbonyl (C=S) groups is 1. The first-order chi connectivity index (χ1) is 20.5. The maximum Gasteiger partial charge on any atom is 0.229 e. The van der Waals surface area contributed by atoms with E-state index < -0.39 is 5.41 Å². The highest BCUT2D eigenvalue weighted by Gasteiger charge is 2.42. The summed E-state index contributed by atoms with van der Waals surface area (Å²) in [5.74, 6) is 0.482. The molecule has 0 unspecified atom stereocenters. The Morgan fingerprint density at radius 1 is 1.07 bits per heavy atom. The van der Waals surface area contributed by atoms with Crippen molar-refractivity contribution in [3.8, 4) is 11.4 Å². The maximum atomic E-state index is 12.8. The topological polar surface area (TPSA) is 71.4 Å². The summed E-state index contributed by atoms with van der Waals surface area (Å²) in [6, 6.07) is 20.2. The number of hydrogen-bond donors (Lipinski definition) is 2. The van der Waals surface area contributed by atoms with Gasteiger partial charge in [-0.3, -0.25) is 9.78 Å². The number of nitrogens with zero attached hydrogens (tertiary/aromatic N) is 3. The van der Waals surface area contributed by atoms with E-state index in [-0.39, 0.29) is 18.0 Å². The molecule has 4 aromatic rings. The van der Waals surface area contributed by atoms with Crippen molar-refractivity contribution in [1.82, 2.24) is 14.9 Å². The maximum absolute atomic E-state index is 12.8. The fourth-order valence-electron chi connectivity index (χ4n) is 5.95. The van der Waals surface area contributed by atoms with Gasteiger partial charge in [0.2, 0.25) is 5.91 Å². The van der Waals surface area contributed by atoms with Crippen molar-refractivity contribution >= 4 is 34.6 Å². The summed E-state index contributed by atoms with van der Waals surface area (Å²) in [5, 5.41) is 7.20. The fraction of sp³-hybridized carbons (Fsp3) is 0.343. The minimum absolute atomic E-state index is 0.0832. The van der Waals surface area contributed by atoms with E-state index in [9.17, 15) is 4.79 Å². The highest BCUT2D eigenvalue weighted by molar-refractivity contribution is 7.80. The van der Waals surface area contributed by atoms with Gasteiger partial charge in [0.15, 0.2) is 5.11 Å². The third kappa shape index (κ3) is 5.64. The molecule has 2 atom stereocenters. The molecule has 5 rings (SSSR count). The third-order valence-corrected chi connectivity index (χ3v) is 8.52. The van der Waals surface area contributed by atoms with Crippen molar-refractivity contribution in [2.75, 3.05) is 17.3 Å². The monoisotopic (exact) mass is 595 g/mol. The Bertz CT molecular complexity index is 1670. The number of hydrogen-bond acceptors (Lipinski definition) is 4. The first kappa shape index (κ1) is 30.3. The Morgan fingerprint density at radius 2 is 1.84 bits per heavy atom. The molecule has 0 saturated carbocycles. The molecule has 2 N–H and O–H groups in total. The molecule has 1 aliphatic rings. The summed E-state index contributed by atoms with van der Waals surface area (Å²) in [7, 11) is 1.61. The van der Waals surface area contributed by atoms with Gasteiger partial charge in [0.25, 0.3) is 0 Å². The number of carbonyl (C=O) groups excluding carboxylic acids is 1. The Kier molecular flexibility index (Phi) is 8.34. The van der Waals surface area contributed by atoms with Gasteiger partial charge in [0.05, 0.1) is 36.3 Å². The van der Waals surface area contributed by atoms with Crippen molar-refractivity contribution in [1.29, 1.82) is 0 Å². The van der Waals surface area contributed by atoms with Gasteiger partial charge in [-0.15, -0.1) is 0 Å². The second kappa shape index (κ2) is 11.8. The van der Waals surface area contributed by atoms with Crippen LogP contribution in [0.15, 0.2) is 66.9 Å². The zero-order chi connectivity index (χ0) is 31.1. The number of pyridine rings is 1. The molecular formula is C35H41N5O2S. The molecule has 43 heavy (non-hydrogen) atoms. The molecule has 1 saturated heterocycles. The summed E-state index contributed by atoms with van der Waals surface area (Å²) in [4.78, 5) is 19.7. The molecule has 1 aliphatic heterocycles. The van der Waals surface area contributed by atoms with Crippen LogP contribution in [-0.4, -0.2) is 27.7 Å². The van der Waals surface area contributed by atoms with E-state index >= 15 is 0 Å². The molecule has 0 bridgehead atoms. The highest BCUT2D eigenvalue weighted by Crippen LogP contribution is 2.45. The molecule has 224 valence electrons. The lowest BCUT2D eigenvalue weighted by Gasteiger charge is -2.29. The van der Waals surface area contributed by atoms with Crippen LogP contribution < -0.4 is 20.3 Å². The predicted octanol–water partition coefficient (Wildman–Crippen LogP) is 7.53. The minimum Gasteiger partial charge on any atom is -0.494 e. The molecule has 0 radical (unpaired) electrons. The van der Waals surface area contributed by atoms with Crippen LogP contribution in [-0.2, 0) is 11.2 Å². The Hall–Kier alpha value is -4.17. The minimum atomic E-state index is -0.539. The normalized spacial score (nSPS) is 16.7. The van der Waals surface area contributed by atoms with E-state index in [0.29, 0.717) is 16.5 Å². The smallest absolute Gasteiger partial charge is 0.229 e. The average Bonchev–Trinajstić information content (AvgIpc) is 3.47. The van der Waals surface area contributed by atoms with Gasteiger partial charge in [-0.05, 0) is 86.4 Å². The van der Waals surface area contributed by atoms with E-state index in [0.717, 1.165) is 34.8 Å². The molecular weight excluding hydrogens is 554 g/mol. The van der Waals surface area contributed by atoms with Gasteiger partial charge < -0.3 is 24.8 Å². The first-order valence-corrected chi connectivity index (χ1v) is 15.1. The van der Waals surface area contributed by atoms with Gasteiger partial charge in [-0.1, -0.05) is 52.0 Å². The van der Waals surface area contributed by atoms with Crippen molar-refractivity contribution in [3.63, 3.8) is 0 Å². The van der Waals surface area contributed by atoms with Crippen molar-refractivity contribution < 1.29 is 9.53 Å². The molecule has 1 amide bonds. The lowest BCUT2D eigenvalue weighted by atomic mass is 9.95. The van der Waals surface area contributed by atoms with Crippen LogP contribution in [0.1, 0.15) is 73.6 Å². The molecule has 7 nitrogen and oxygen atoms in total. The van der Waals surface area contributed by atoms with Crippen LogP contribution in [0.4, 0.5) is 11.4 Å². The molecule has 0 spiro atoms. The number of benzene rings is 2. The van der Waals surface area contributed by atoms with E-state index in [4.69, 9.17) is 21.9 Å². The van der Waals surface area contributed by atoms with E-state index in [1.807, 2.05) is 63.4 Å². The molecule has 2 aromatic heterocycles. The van der Waals surface area contributed by atoms with Crippen LogP contribution in [0.2, 0.25) is 0 Å². The fourth-order valence-corrected chi connectivity index (χ4v) is 6.29. The zero-order valence-corrected chi connectivity index (χ0v) is 27.1. The predicted molar refractivity (Wildman–Crippen MR) is 178 cm³/mol. The van der Waals surface area contributed by atoms with Gasteiger partial charge in [-0.2, -0.15) is 0 Å². The van der Waals surface area contributed by atoms with Crippen molar-refractivity contribution in [3.05, 3.63) is 101 Å². The lowest BCUT2D eigenvalue weighted by molar-refractivity contribution is -0.123. The quantitative estimate of drug-likeness (QED) is 0.215.